The van der Waals surface area contributed by atoms with Gasteiger partial charge in [0.2, 0.25) is 0 Å². The van der Waals surface area contributed by atoms with E-state index in [2.05, 4.69) is 0 Å². The number of hydrogen-bond donors (Lipinski definition) is 0. The highest BCUT2D eigenvalue weighted by Crippen LogP contribution is 2.32. The predicted octanol–water partition coefficient (Wildman–Crippen LogP) is 4.30. The van der Waals surface area contributed by atoms with E-state index in [1.165, 1.54) is 13.2 Å². The first-order chi connectivity index (χ1) is 11.1. The van der Waals surface area contributed by atoms with Crippen LogP contribution in [0, 0.1) is 17.1 Å². The van der Waals surface area contributed by atoms with Crippen molar-refractivity contribution in [1.29, 1.82) is 5.26 Å². The van der Waals surface area contributed by atoms with Crippen LogP contribution in [0.3, 0.4) is 0 Å². The van der Waals surface area contributed by atoms with Gasteiger partial charge in [0, 0.05) is 5.56 Å². The molecule has 0 aliphatic rings. The zero-order valence-corrected chi connectivity index (χ0v) is 12.3. The molecule has 0 spiro atoms. The maximum Gasteiger partial charge on any atom is 0.337 e. The number of hydrogen-bond acceptors (Lipinski definition) is 3. The van der Waals surface area contributed by atoms with Crippen LogP contribution in [-0.2, 0) is 4.74 Å². The summed E-state index contributed by atoms with van der Waals surface area (Å²) < 4.78 is 19.1. The number of benzene rings is 3. The van der Waals surface area contributed by atoms with E-state index in [0.717, 1.165) is 5.39 Å². The standard InChI is InChI=1S/C19H12FNO2/c1-23-19(22)15-7-6-13-8-9-17(20)18(16(13)10-15)14-4-2-12(11-21)3-5-14/h2-10H,1H3. The van der Waals surface area contributed by atoms with Crippen LogP contribution in [0.5, 0.6) is 0 Å². The number of methoxy groups -OCH3 is 1. The first-order valence-electron chi connectivity index (χ1n) is 6.95. The van der Waals surface area contributed by atoms with Gasteiger partial charge in [-0.3, -0.25) is 0 Å². The van der Waals surface area contributed by atoms with Crippen molar-refractivity contribution in [3.8, 4) is 17.2 Å². The molecule has 3 aromatic rings. The maximum atomic E-state index is 14.4. The quantitative estimate of drug-likeness (QED) is 0.663. The largest absolute Gasteiger partial charge is 0.465 e. The van der Waals surface area contributed by atoms with Gasteiger partial charge in [-0.15, -0.1) is 0 Å². The number of ether oxygens (including phenoxy) is 1. The van der Waals surface area contributed by atoms with Gasteiger partial charge in [0.25, 0.3) is 0 Å². The highest BCUT2D eigenvalue weighted by molar-refractivity contribution is 6.01. The Labute approximate surface area is 132 Å². The van der Waals surface area contributed by atoms with Crippen molar-refractivity contribution >= 4 is 16.7 Å². The first-order valence-corrected chi connectivity index (χ1v) is 6.95. The average molecular weight is 305 g/mol. The van der Waals surface area contributed by atoms with Gasteiger partial charge in [-0.1, -0.05) is 24.3 Å². The second-order valence-electron chi connectivity index (χ2n) is 5.04. The van der Waals surface area contributed by atoms with E-state index in [1.54, 1.807) is 48.5 Å². The summed E-state index contributed by atoms with van der Waals surface area (Å²) in [7, 11) is 1.31. The van der Waals surface area contributed by atoms with Crippen molar-refractivity contribution < 1.29 is 13.9 Å². The molecule has 0 amide bonds. The fourth-order valence-electron chi connectivity index (χ4n) is 2.54. The van der Waals surface area contributed by atoms with Crippen LogP contribution in [-0.4, -0.2) is 13.1 Å². The molecule has 0 bridgehead atoms. The van der Waals surface area contributed by atoms with Crippen molar-refractivity contribution in [1.82, 2.24) is 0 Å². The van der Waals surface area contributed by atoms with Crippen LogP contribution in [0.1, 0.15) is 15.9 Å². The Hall–Kier alpha value is -3.19. The zero-order valence-electron chi connectivity index (χ0n) is 12.3. The molecule has 0 atom stereocenters. The van der Waals surface area contributed by atoms with Gasteiger partial charge >= 0.3 is 5.97 Å². The van der Waals surface area contributed by atoms with Crippen molar-refractivity contribution in [2.75, 3.05) is 7.11 Å². The summed E-state index contributed by atoms with van der Waals surface area (Å²) in [5.41, 5.74) is 1.91. The highest BCUT2D eigenvalue weighted by atomic mass is 19.1. The molecule has 0 aliphatic carbocycles. The second-order valence-corrected chi connectivity index (χ2v) is 5.04. The summed E-state index contributed by atoms with van der Waals surface area (Å²) in [6.07, 6.45) is 0. The molecule has 0 saturated heterocycles. The molecule has 0 radical (unpaired) electrons. The summed E-state index contributed by atoms with van der Waals surface area (Å²) in [4.78, 5) is 11.7. The van der Waals surface area contributed by atoms with Crippen molar-refractivity contribution in [3.05, 3.63) is 71.5 Å². The maximum absolute atomic E-state index is 14.4. The Bertz CT molecular complexity index is 940. The molecular formula is C19H12FNO2. The van der Waals surface area contributed by atoms with E-state index >= 15 is 0 Å². The molecule has 0 unspecified atom stereocenters. The Balaban J connectivity index is 2.26. The second kappa shape index (κ2) is 5.90. The monoisotopic (exact) mass is 305 g/mol. The number of carbonyl (C=O) groups is 1. The van der Waals surface area contributed by atoms with Crippen LogP contribution in [0.15, 0.2) is 54.6 Å². The van der Waals surface area contributed by atoms with E-state index in [4.69, 9.17) is 10.00 Å². The summed E-state index contributed by atoms with van der Waals surface area (Å²) in [6.45, 7) is 0. The van der Waals surface area contributed by atoms with Crippen molar-refractivity contribution in [3.63, 3.8) is 0 Å². The summed E-state index contributed by atoms with van der Waals surface area (Å²) in [5, 5.41) is 10.3. The van der Waals surface area contributed by atoms with Crippen molar-refractivity contribution in [2.45, 2.75) is 0 Å². The lowest BCUT2D eigenvalue weighted by atomic mass is 9.95. The lowest BCUT2D eigenvalue weighted by molar-refractivity contribution is 0.0601. The molecule has 0 aromatic heterocycles. The Morgan fingerprint density at radius 2 is 1.78 bits per heavy atom. The predicted molar refractivity (Wildman–Crippen MR) is 85.4 cm³/mol. The van der Waals surface area contributed by atoms with Crippen LogP contribution in [0.2, 0.25) is 0 Å². The van der Waals surface area contributed by atoms with Crippen LogP contribution < -0.4 is 0 Å². The third kappa shape index (κ3) is 2.65. The van der Waals surface area contributed by atoms with Crippen LogP contribution >= 0.6 is 0 Å². The number of halogens is 1. The van der Waals surface area contributed by atoms with Crippen LogP contribution in [0.25, 0.3) is 21.9 Å². The summed E-state index contributed by atoms with van der Waals surface area (Å²) in [5.74, 6) is -0.855. The number of nitrogens with zero attached hydrogens (tertiary/aromatic N) is 1. The Kier molecular flexibility index (Phi) is 3.78. The summed E-state index contributed by atoms with van der Waals surface area (Å²) >= 11 is 0. The van der Waals surface area contributed by atoms with E-state index in [9.17, 15) is 9.18 Å². The number of carbonyl (C=O) groups excluding carboxylic acids is 1. The fraction of sp³-hybridized carbons (Fsp3) is 0.0526. The van der Waals surface area contributed by atoms with Gasteiger partial charge < -0.3 is 4.74 Å². The van der Waals surface area contributed by atoms with Gasteiger partial charge in [0.15, 0.2) is 0 Å². The summed E-state index contributed by atoms with van der Waals surface area (Å²) in [6, 6.07) is 16.8. The minimum Gasteiger partial charge on any atom is -0.465 e. The average Bonchev–Trinajstić information content (AvgIpc) is 2.60. The number of esters is 1. The topological polar surface area (TPSA) is 50.1 Å². The number of nitriles is 1. The molecule has 3 nitrogen and oxygen atoms in total. The smallest absolute Gasteiger partial charge is 0.337 e. The molecule has 23 heavy (non-hydrogen) atoms. The fourth-order valence-corrected chi connectivity index (χ4v) is 2.54. The van der Waals surface area contributed by atoms with Gasteiger partial charge in [-0.2, -0.15) is 5.26 Å². The van der Waals surface area contributed by atoms with E-state index in [0.29, 0.717) is 27.6 Å². The lowest BCUT2D eigenvalue weighted by Crippen LogP contribution is -2.01. The minimum atomic E-state index is -0.470. The van der Waals surface area contributed by atoms with E-state index in [-0.39, 0.29) is 5.82 Å². The van der Waals surface area contributed by atoms with Gasteiger partial charge in [0.05, 0.1) is 24.3 Å². The molecule has 3 aromatic carbocycles. The lowest BCUT2D eigenvalue weighted by Gasteiger charge is -2.10. The normalized spacial score (nSPS) is 10.3. The molecule has 0 saturated carbocycles. The van der Waals surface area contributed by atoms with Gasteiger partial charge in [-0.05, 0) is 46.7 Å². The Morgan fingerprint density at radius 1 is 1.09 bits per heavy atom. The minimum absolute atomic E-state index is 0.362. The number of fused-ring (bicyclic) bond motifs is 1. The molecule has 0 N–H and O–H groups in total. The third-order valence-electron chi connectivity index (χ3n) is 3.69. The molecule has 0 heterocycles. The van der Waals surface area contributed by atoms with E-state index < -0.39 is 5.97 Å². The van der Waals surface area contributed by atoms with Crippen molar-refractivity contribution in [2.24, 2.45) is 0 Å². The Morgan fingerprint density at radius 3 is 2.43 bits per heavy atom. The third-order valence-corrected chi connectivity index (χ3v) is 3.69. The zero-order chi connectivity index (χ0) is 16.4. The first kappa shape index (κ1) is 14.7. The number of rotatable bonds is 2. The molecule has 0 fully saturated rings. The molecule has 0 aliphatic heterocycles. The molecular weight excluding hydrogens is 293 g/mol. The van der Waals surface area contributed by atoms with E-state index in [1.807, 2.05) is 6.07 Å². The molecule has 112 valence electrons. The SMILES string of the molecule is COC(=O)c1ccc2ccc(F)c(-c3ccc(C#N)cc3)c2c1. The van der Waals surface area contributed by atoms with Crippen LogP contribution in [0.4, 0.5) is 4.39 Å². The van der Waals surface area contributed by atoms with Gasteiger partial charge in [-0.25, -0.2) is 9.18 Å². The highest BCUT2D eigenvalue weighted by Gasteiger charge is 2.13. The molecule has 3 rings (SSSR count). The van der Waals surface area contributed by atoms with Gasteiger partial charge in [0.1, 0.15) is 5.82 Å². The molecule has 4 heteroatoms.